The average molecular weight is 275 g/mol. The van der Waals surface area contributed by atoms with E-state index in [1.54, 1.807) is 6.07 Å². The molecule has 0 N–H and O–H groups in total. The third kappa shape index (κ3) is 2.72. The molecule has 0 fully saturated rings. The van der Waals surface area contributed by atoms with Crippen molar-refractivity contribution in [2.24, 2.45) is 0 Å². The van der Waals surface area contributed by atoms with Crippen LogP contribution in [0.2, 0.25) is 5.02 Å². The normalized spacial score (nSPS) is 11.2. The van der Waals surface area contributed by atoms with E-state index in [1.165, 1.54) is 0 Å². The van der Waals surface area contributed by atoms with E-state index in [4.69, 9.17) is 23.2 Å². The fourth-order valence-electron chi connectivity index (χ4n) is 1.86. The number of halogens is 3. The Morgan fingerprint density at radius 2 is 2.12 bits per heavy atom. The Balaban J connectivity index is 2.38. The summed E-state index contributed by atoms with van der Waals surface area (Å²) in [5.41, 5.74) is 1.84. The number of aryl methyl sites for hydroxylation is 1. The van der Waals surface area contributed by atoms with Crippen LogP contribution in [0.4, 0.5) is 4.39 Å². The van der Waals surface area contributed by atoms with Crippen LogP contribution in [0.5, 0.6) is 0 Å². The molecule has 5 heteroatoms. The Morgan fingerprint density at radius 3 is 2.82 bits per heavy atom. The first-order chi connectivity index (χ1) is 8.26. The third-order valence-electron chi connectivity index (χ3n) is 2.67. The molecule has 0 saturated heterocycles. The lowest BCUT2D eigenvalue weighted by atomic mass is 10.3. The molecule has 0 amide bonds. The number of imidazole rings is 1. The highest BCUT2D eigenvalue weighted by Crippen LogP contribution is 2.22. The van der Waals surface area contributed by atoms with Crippen LogP contribution >= 0.6 is 23.2 Å². The minimum atomic E-state index is -0.288. The topological polar surface area (TPSA) is 17.8 Å². The van der Waals surface area contributed by atoms with E-state index in [0.29, 0.717) is 17.3 Å². The van der Waals surface area contributed by atoms with E-state index in [-0.39, 0.29) is 6.67 Å². The molecule has 1 aromatic heterocycles. The Kier molecular flexibility index (Phi) is 4.24. The molecule has 0 aliphatic heterocycles. The highest BCUT2D eigenvalue weighted by Gasteiger charge is 2.09. The van der Waals surface area contributed by atoms with Crippen molar-refractivity contribution in [1.29, 1.82) is 0 Å². The molecule has 0 spiro atoms. The van der Waals surface area contributed by atoms with Crippen molar-refractivity contribution in [3.63, 3.8) is 0 Å². The molecular formula is C12H13Cl2FN2. The average Bonchev–Trinajstić information content (AvgIpc) is 2.67. The summed E-state index contributed by atoms with van der Waals surface area (Å²) < 4.78 is 14.1. The number of unbranched alkanes of at least 4 members (excludes halogenated alkanes) is 1. The second kappa shape index (κ2) is 5.69. The van der Waals surface area contributed by atoms with Gasteiger partial charge in [0.2, 0.25) is 0 Å². The lowest BCUT2D eigenvalue weighted by molar-refractivity contribution is 0.447. The molecule has 2 rings (SSSR count). The molecule has 0 bridgehead atoms. The zero-order chi connectivity index (χ0) is 12.3. The molecule has 92 valence electrons. The van der Waals surface area contributed by atoms with E-state index in [9.17, 15) is 4.39 Å². The van der Waals surface area contributed by atoms with E-state index in [0.717, 1.165) is 29.8 Å². The standard InChI is InChI=1S/C12H13Cl2FN2/c13-8-12-16-10-4-3-9(14)7-11(10)17(12)6-2-1-5-15/h3-4,7H,1-2,5-6,8H2. The van der Waals surface area contributed by atoms with Crippen molar-refractivity contribution in [3.8, 4) is 0 Å². The number of rotatable bonds is 5. The van der Waals surface area contributed by atoms with Crippen molar-refractivity contribution in [3.05, 3.63) is 29.0 Å². The van der Waals surface area contributed by atoms with Gasteiger partial charge >= 0.3 is 0 Å². The molecule has 1 heterocycles. The lowest BCUT2D eigenvalue weighted by Crippen LogP contribution is -2.02. The Labute approximate surface area is 109 Å². The van der Waals surface area contributed by atoms with Crippen LogP contribution < -0.4 is 0 Å². The summed E-state index contributed by atoms with van der Waals surface area (Å²) in [5.74, 6) is 1.16. The molecule has 0 unspecified atom stereocenters. The first kappa shape index (κ1) is 12.7. The molecule has 1 aromatic carbocycles. The van der Waals surface area contributed by atoms with E-state index in [1.807, 2.05) is 16.7 Å². The highest BCUT2D eigenvalue weighted by atomic mass is 35.5. The van der Waals surface area contributed by atoms with Gasteiger partial charge in [0, 0.05) is 11.6 Å². The van der Waals surface area contributed by atoms with Crippen LogP contribution in [0.15, 0.2) is 18.2 Å². The van der Waals surface area contributed by atoms with E-state index < -0.39 is 0 Å². The van der Waals surface area contributed by atoms with Gasteiger partial charge in [0.1, 0.15) is 5.82 Å². The maximum atomic E-state index is 12.1. The summed E-state index contributed by atoms with van der Waals surface area (Å²) in [6.45, 7) is 0.437. The fourth-order valence-corrected chi connectivity index (χ4v) is 2.23. The molecule has 2 nitrogen and oxygen atoms in total. The predicted octanol–water partition coefficient (Wildman–Crippen LogP) is 4.18. The van der Waals surface area contributed by atoms with Crippen LogP contribution in [-0.2, 0) is 12.4 Å². The van der Waals surface area contributed by atoms with Crippen LogP contribution in [0, 0.1) is 0 Å². The van der Waals surface area contributed by atoms with Crippen LogP contribution in [0.1, 0.15) is 18.7 Å². The summed E-state index contributed by atoms with van der Waals surface area (Å²) >= 11 is 11.8. The molecule has 2 aromatic rings. The third-order valence-corrected chi connectivity index (χ3v) is 3.15. The molecule has 0 atom stereocenters. The number of benzene rings is 1. The van der Waals surface area contributed by atoms with Gasteiger partial charge in [-0.3, -0.25) is 4.39 Å². The molecule has 0 saturated carbocycles. The van der Waals surface area contributed by atoms with Crippen molar-refractivity contribution in [2.75, 3.05) is 6.67 Å². The first-order valence-electron chi connectivity index (χ1n) is 5.53. The monoisotopic (exact) mass is 274 g/mol. The van der Waals surface area contributed by atoms with Gasteiger partial charge in [-0.05, 0) is 31.0 Å². The van der Waals surface area contributed by atoms with Gasteiger partial charge in [-0.25, -0.2) is 4.98 Å². The van der Waals surface area contributed by atoms with Crippen LogP contribution in [-0.4, -0.2) is 16.2 Å². The van der Waals surface area contributed by atoms with Gasteiger partial charge < -0.3 is 4.57 Å². The number of fused-ring (bicyclic) bond motifs is 1. The van der Waals surface area contributed by atoms with Gasteiger partial charge in [0.15, 0.2) is 0 Å². The quantitative estimate of drug-likeness (QED) is 0.591. The molecule has 17 heavy (non-hydrogen) atoms. The summed E-state index contributed by atoms with van der Waals surface area (Å²) in [7, 11) is 0. The zero-order valence-corrected chi connectivity index (χ0v) is 10.8. The molecule has 0 aliphatic rings. The van der Waals surface area contributed by atoms with Crippen LogP contribution in [0.25, 0.3) is 11.0 Å². The number of aromatic nitrogens is 2. The van der Waals surface area contributed by atoms with Gasteiger partial charge in [-0.2, -0.15) is 0 Å². The van der Waals surface area contributed by atoms with E-state index in [2.05, 4.69) is 4.98 Å². The molecular weight excluding hydrogens is 262 g/mol. The van der Waals surface area contributed by atoms with Crippen molar-refractivity contribution < 1.29 is 4.39 Å². The Hall–Kier alpha value is -0.800. The second-order valence-corrected chi connectivity index (χ2v) is 4.55. The fraction of sp³-hybridized carbons (Fsp3) is 0.417. The van der Waals surface area contributed by atoms with Crippen LogP contribution in [0.3, 0.4) is 0 Å². The summed E-state index contributed by atoms with van der Waals surface area (Å²) in [4.78, 5) is 4.43. The predicted molar refractivity (Wildman–Crippen MR) is 69.5 cm³/mol. The summed E-state index contributed by atoms with van der Waals surface area (Å²) in [6, 6.07) is 5.55. The van der Waals surface area contributed by atoms with Gasteiger partial charge in [-0.1, -0.05) is 11.6 Å². The summed E-state index contributed by atoms with van der Waals surface area (Å²) in [5, 5.41) is 0.672. The largest absolute Gasteiger partial charge is 0.327 e. The Morgan fingerprint density at radius 1 is 1.29 bits per heavy atom. The lowest BCUT2D eigenvalue weighted by Gasteiger charge is -2.06. The molecule has 0 radical (unpaired) electrons. The second-order valence-electron chi connectivity index (χ2n) is 3.84. The number of nitrogens with zero attached hydrogens (tertiary/aromatic N) is 2. The maximum absolute atomic E-state index is 12.1. The maximum Gasteiger partial charge on any atom is 0.124 e. The van der Waals surface area contributed by atoms with Gasteiger partial charge in [0.05, 0.1) is 23.6 Å². The SMILES string of the molecule is FCCCCn1c(CCl)nc2ccc(Cl)cc21. The van der Waals surface area contributed by atoms with Crippen molar-refractivity contribution >= 4 is 34.2 Å². The number of hydrogen-bond acceptors (Lipinski definition) is 1. The smallest absolute Gasteiger partial charge is 0.124 e. The Bertz CT molecular complexity index is 510. The summed E-state index contributed by atoms with van der Waals surface area (Å²) in [6.07, 6.45) is 1.33. The van der Waals surface area contributed by atoms with Gasteiger partial charge in [0.25, 0.3) is 0 Å². The first-order valence-corrected chi connectivity index (χ1v) is 6.44. The van der Waals surface area contributed by atoms with E-state index >= 15 is 0 Å². The minimum Gasteiger partial charge on any atom is -0.327 e. The minimum absolute atomic E-state index is 0.288. The highest BCUT2D eigenvalue weighted by molar-refractivity contribution is 6.31. The zero-order valence-electron chi connectivity index (χ0n) is 9.30. The van der Waals surface area contributed by atoms with Crippen molar-refractivity contribution in [1.82, 2.24) is 9.55 Å². The van der Waals surface area contributed by atoms with Crippen molar-refractivity contribution in [2.45, 2.75) is 25.3 Å². The molecule has 0 aliphatic carbocycles. The van der Waals surface area contributed by atoms with Gasteiger partial charge in [-0.15, -0.1) is 11.6 Å². The number of hydrogen-bond donors (Lipinski definition) is 0. The number of alkyl halides is 2.